The number of quaternary nitrogens is 2. The minimum absolute atomic E-state index is 0.0358. The second-order valence-electron chi connectivity index (χ2n) is 6.59. The zero-order valence-corrected chi connectivity index (χ0v) is 13.6. The summed E-state index contributed by atoms with van der Waals surface area (Å²) in [6.07, 6.45) is 6.40. The van der Waals surface area contributed by atoms with Crippen LogP contribution in [0.2, 0.25) is 0 Å². The third-order valence-electron chi connectivity index (χ3n) is 4.86. The van der Waals surface area contributed by atoms with E-state index in [4.69, 9.17) is 0 Å². The Hall–Kier alpha value is -1.46. The fraction of sp³-hybridized carbons (Fsp3) is 0.588. The molecule has 0 unspecified atom stereocenters. The summed E-state index contributed by atoms with van der Waals surface area (Å²) in [7, 11) is 4.44. The summed E-state index contributed by atoms with van der Waals surface area (Å²) in [4.78, 5) is 13.5. The minimum Gasteiger partial charge on any atom is -0.333 e. The van der Waals surface area contributed by atoms with Gasteiger partial charge in [-0.25, -0.2) is 4.39 Å². The van der Waals surface area contributed by atoms with Gasteiger partial charge in [-0.3, -0.25) is 4.79 Å². The van der Waals surface area contributed by atoms with Gasteiger partial charge in [-0.05, 0) is 37.1 Å². The molecule has 0 heterocycles. The van der Waals surface area contributed by atoms with E-state index in [1.54, 1.807) is 12.1 Å². The highest BCUT2D eigenvalue weighted by molar-refractivity contribution is 5.91. The zero-order chi connectivity index (χ0) is 16.0. The molecule has 0 radical (unpaired) electrons. The summed E-state index contributed by atoms with van der Waals surface area (Å²) in [5.74, 6) is -0.330. The first kappa shape index (κ1) is 16.9. The summed E-state index contributed by atoms with van der Waals surface area (Å²) in [6.45, 7) is 1.39. The summed E-state index contributed by atoms with van der Waals surface area (Å²) >= 11 is 0. The smallest absolute Gasteiger partial charge is 0.279 e. The number of rotatable bonds is 6. The van der Waals surface area contributed by atoms with Crippen LogP contribution in [0, 0.1) is 5.82 Å². The first-order valence-corrected chi connectivity index (χ1v) is 8.20. The van der Waals surface area contributed by atoms with Gasteiger partial charge in [0.25, 0.3) is 5.91 Å². The first-order valence-electron chi connectivity index (χ1n) is 8.20. The van der Waals surface area contributed by atoms with Crippen LogP contribution in [0.5, 0.6) is 0 Å². The number of benzene rings is 1. The number of amides is 1. The number of nitrogens with two attached hydrogens (primary N) is 1. The van der Waals surface area contributed by atoms with Crippen molar-refractivity contribution in [2.24, 2.45) is 0 Å². The molecule has 5 heteroatoms. The van der Waals surface area contributed by atoms with E-state index < -0.39 is 0 Å². The lowest BCUT2D eigenvalue weighted by molar-refractivity contribution is -0.934. The molecule has 0 atom stereocenters. The molecule has 4 N–H and O–H groups in total. The van der Waals surface area contributed by atoms with Crippen LogP contribution in [0.3, 0.4) is 0 Å². The molecule has 0 saturated heterocycles. The van der Waals surface area contributed by atoms with Crippen LogP contribution in [-0.4, -0.2) is 38.6 Å². The molecule has 1 fully saturated rings. The second-order valence-corrected chi connectivity index (χ2v) is 6.59. The van der Waals surface area contributed by atoms with E-state index in [2.05, 4.69) is 24.7 Å². The van der Waals surface area contributed by atoms with Gasteiger partial charge < -0.3 is 15.5 Å². The van der Waals surface area contributed by atoms with Crippen molar-refractivity contribution < 1.29 is 19.4 Å². The molecule has 0 bridgehead atoms. The number of carbonyl (C=O) groups is 1. The van der Waals surface area contributed by atoms with E-state index in [1.807, 2.05) is 0 Å². The predicted molar refractivity (Wildman–Crippen MR) is 85.3 cm³/mol. The highest BCUT2D eigenvalue weighted by Crippen LogP contribution is 2.23. The third kappa shape index (κ3) is 4.52. The molecule has 1 aliphatic carbocycles. The van der Waals surface area contributed by atoms with Gasteiger partial charge in [-0.1, -0.05) is 6.42 Å². The Kier molecular flexibility index (Phi) is 5.91. The van der Waals surface area contributed by atoms with Gasteiger partial charge in [0.1, 0.15) is 17.9 Å². The molecule has 22 heavy (non-hydrogen) atoms. The van der Waals surface area contributed by atoms with Gasteiger partial charge in [-0.15, -0.1) is 0 Å². The Bertz CT molecular complexity index is 481. The normalized spacial score (nSPS) is 17.5. The molecule has 4 nitrogen and oxygen atoms in total. The van der Waals surface area contributed by atoms with Gasteiger partial charge in [0.2, 0.25) is 0 Å². The lowest BCUT2D eigenvalue weighted by Crippen LogP contribution is -3.19. The third-order valence-corrected chi connectivity index (χ3v) is 4.86. The molecule has 0 spiro atoms. The Labute approximate surface area is 132 Å². The maximum Gasteiger partial charge on any atom is 0.279 e. The predicted octanol–water partition coefficient (Wildman–Crippen LogP) is 0.175. The molecule has 1 aromatic rings. The average Bonchev–Trinajstić information content (AvgIpc) is 2.50. The number of hydrogen-bond acceptors (Lipinski definition) is 1. The molecule has 1 aromatic carbocycles. The summed E-state index contributed by atoms with van der Waals surface area (Å²) in [5.41, 5.74) is 0.944. The van der Waals surface area contributed by atoms with Gasteiger partial charge >= 0.3 is 0 Å². The Morgan fingerprint density at radius 1 is 1.23 bits per heavy atom. The average molecular weight is 309 g/mol. The maximum absolute atomic E-state index is 12.8. The maximum atomic E-state index is 12.8. The van der Waals surface area contributed by atoms with Gasteiger partial charge in [0, 0.05) is 18.5 Å². The second kappa shape index (κ2) is 7.70. The van der Waals surface area contributed by atoms with Crippen molar-refractivity contribution in [1.29, 1.82) is 0 Å². The SMILES string of the molecule is C[NH+](C)C1(C[NH2+]CC(=O)Nc2ccc(F)cc2)CCCCC1. The quantitative estimate of drug-likeness (QED) is 0.690. The van der Waals surface area contributed by atoms with Gasteiger partial charge in [-0.2, -0.15) is 0 Å². The number of halogens is 1. The van der Waals surface area contributed by atoms with Crippen LogP contribution in [0.25, 0.3) is 0 Å². The summed E-state index contributed by atoms with van der Waals surface area (Å²) in [6, 6.07) is 5.87. The summed E-state index contributed by atoms with van der Waals surface area (Å²) in [5, 5.41) is 4.91. The zero-order valence-electron chi connectivity index (χ0n) is 13.6. The topological polar surface area (TPSA) is 50.2 Å². The Morgan fingerprint density at radius 2 is 1.86 bits per heavy atom. The molecule has 1 saturated carbocycles. The molecule has 0 aliphatic heterocycles. The largest absolute Gasteiger partial charge is 0.333 e. The van der Waals surface area contributed by atoms with E-state index in [0.717, 1.165) is 6.54 Å². The molecule has 0 aromatic heterocycles. The Balaban J connectivity index is 1.79. The fourth-order valence-corrected chi connectivity index (χ4v) is 3.36. The van der Waals surface area contributed by atoms with E-state index in [1.165, 1.54) is 49.1 Å². The lowest BCUT2D eigenvalue weighted by Gasteiger charge is -2.38. The molecule has 1 aliphatic rings. The van der Waals surface area contributed by atoms with Gasteiger partial charge in [0.15, 0.2) is 6.54 Å². The Morgan fingerprint density at radius 3 is 2.45 bits per heavy atom. The van der Waals surface area contributed by atoms with Gasteiger partial charge in [0.05, 0.1) is 14.1 Å². The number of carbonyl (C=O) groups excluding carboxylic acids is 1. The molecule has 122 valence electrons. The van der Waals surface area contributed by atoms with Crippen LogP contribution in [0.15, 0.2) is 24.3 Å². The van der Waals surface area contributed by atoms with Crippen LogP contribution in [-0.2, 0) is 4.79 Å². The van der Waals surface area contributed by atoms with Crippen LogP contribution in [0.1, 0.15) is 32.1 Å². The first-order chi connectivity index (χ1) is 10.5. The standard InChI is InChI=1S/C17H26FN3O/c1-21(2)17(10-4-3-5-11-17)13-19-12-16(22)20-15-8-6-14(18)7-9-15/h6-9,19H,3-5,10-13H2,1-2H3,(H,20,22)/p+2. The number of nitrogens with one attached hydrogen (secondary N) is 2. The highest BCUT2D eigenvalue weighted by atomic mass is 19.1. The van der Waals surface area contributed by atoms with E-state index in [-0.39, 0.29) is 11.7 Å². The number of anilines is 1. The van der Waals surface area contributed by atoms with Crippen molar-refractivity contribution in [2.45, 2.75) is 37.6 Å². The van der Waals surface area contributed by atoms with Crippen molar-refractivity contribution >= 4 is 11.6 Å². The molecule has 2 rings (SSSR count). The van der Waals surface area contributed by atoms with Crippen molar-refractivity contribution in [3.05, 3.63) is 30.1 Å². The van der Waals surface area contributed by atoms with Crippen molar-refractivity contribution in [3.8, 4) is 0 Å². The van der Waals surface area contributed by atoms with E-state index in [0.29, 0.717) is 17.8 Å². The molecular formula is C17H28FN3O+2. The van der Waals surface area contributed by atoms with Crippen LogP contribution >= 0.6 is 0 Å². The van der Waals surface area contributed by atoms with Crippen LogP contribution in [0.4, 0.5) is 10.1 Å². The number of hydrogen-bond donors (Lipinski definition) is 3. The van der Waals surface area contributed by atoms with Crippen molar-refractivity contribution in [2.75, 3.05) is 32.5 Å². The van der Waals surface area contributed by atoms with Crippen LogP contribution < -0.4 is 15.5 Å². The van der Waals surface area contributed by atoms with Crippen molar-refractivity contribution in [1.82, 2.24) is 0 Å². The van der Waals surface area contributed by atoms with E-state index >= 15 is 0 Å². The monoisotopic (exact) mass is 309 g/mol. The molecule has 1 amide bonds. The lowest BCUT2D eigenvalue weighted by atomic mass is 9.80. The number of likely N-dealkylation sites (N-methyl/N-ethyl adjacent to an activating group) is 1. The summed E-state index contributed by atoms with van der Waals surface area (Å²) < 4.78 is 12.8. The van der Waals surface area contributed by atoms with Crippen molar-refractivity contribution in [3.63, 3.8) is 0 Å². The van der Waals surface area contributed by atoms with E-state index in [9.17, 15) is 9.18 Å². The highest BCUT2D eigenvalue weighted by Gasteiger charge is 2.39. The fourth-order valence-electron chi connectivity index (χ4n) is 3.36. The molecular weight excluding hydrogens is 281 g/mol. The minimum atomic E-state index is -0.294.